The Balaban J connectivity index is 2.69. The minimum absolute atomic E-state index is 0.00714. The van der Waals surface area contributed by atoms with Crippen LogP contribution >= 0.6 is 0 Å². The minimum atomic E-state index is -0.318. The molecule has 0 saturated carbocycles. The molecule has 2 unspecified atom stereocenters. The van der Waals surface area contributed by atoms with E-state index in [4.69, 9.17) is 11.5 Å². The maximum Gasteiger partial charge on any atom is 0.0317 e. The molecule has 0 fully saturated rings. The van der Waals surface area contributed by atoms with Gasteiger partial charge in [0.25, 0.3) is 0 Å². The van der Waals surface area contributed by atoms with Gasteiger partial charge in [-0.2, -0.15) is 0 Å². The standard InChI is InChI=1S/C11H18N2/c1-9(12)11(2,13)8-10-6-4-3-5-7-10/h3-7,9H,8,12-13H2,1-2H3. The van der Waals surface area contributed by atoms with Crippen LogP contribution in [0.25, 0.3) is 0 Å². The molecule has 0 heterocycles. The van der Waals surface area contributed by atoms with Gasteiger partial charge < -0.3 is 11.5 Å². The van der Waals surface area contributed by atoms with E-state index < -0.39 is 0 Å². The van der Waals surface area contributed by atoms with Crippen LogP contribution in [0.2, 0.25) is 0 Å². The Kier molecular flexibility index (Phi) is 3.07. The fourth-order valence-electron chi connectivity index (χ4n) is 1.20. The second-order valence-corrected chi connectivity index (χ2v) is 3.96. The Labute approximate surface area is 79.9 Å². The maximum atomic E-state index is 6.07. The first kappa shape index (κ1) is 10.2. The van der Waals surface area contributed by atoms with Crippen molar-refractivity contribution < 1.29 is 0 Å². The van der Waals surface area contributed by atoms with Crippen LogP contribution in [0, 0.1) is 0 Å². The van der Waals surface area contributed by atoms with Gasteiger partial charge in [0.15, 0.2) is 0 Å². The quantitative estimate of drug-likeness (QED) is 0.733. The molecule has 2 nitrogen and oxygen atoms in total. The first-order valence-corrected chi connectivity index (χ1v) is 4.61. The Bertz CT molecular complexity index is 252. The molecule has 0 spiro atoms. The molecule has 1 rings (SSSR count). The van der Waals surface area contributed by atoms with E-state index in [9.17, 15) is 0 Å². The molecule has 2 atom stereocenters. The zero-order chi connectivity index (χ0) is 9.90. The molecule has 0 radical (unpaired) electrons. The van der Waals surface area contributed by atoms with Crippen molar-refractivity contribution in [2.24, 2.45) is 11.5 Å². The van der Waals surface area contributed by atoms with Crippen LogP contribution in [-0.2, 0) is 6.42 Å². The second-order valence-electron chi connectivity index (χ2n) is 3.96. The normalized spacial score (nSPS) is 17.8. The number of benzene rings is 1. The third kappa shape index (κ3) is 2.83. The van der Waals surface area contributed by atoms with Gasteiger partial charge in [-0.1, -0.05) is 30.3 Å². The van der Waals surface area contributed by atoms with E-state index in [1.165, 1.54) is 5.56 Å². The van der Waals surface area contributed by atoms with Gasteiger partial charge in [-0.3, -0.25) is 0 Å². The predicted octanol–water partition coefficient (Wildman–Crippen LogP) is 1.29. The summed E-state index contributed by atoms with van der Waals surface area (Å²) in [5, 5.41) is 0. The molecule has 72 valence electrons. The summed E-state index contributed by atoms with van der Waals surface area (Å²) in [6, 6.07) is 10.2. The third-order valence-corrected chi connectivity index (χ3v) is 2.47. The average molecular weight is 178 g/mol. The zero-order valence-corrected chi connectivity index (χ0v) is 8.33. The van der Waals surface area contributed by atoms with Gasteiger partial charge >= 0.3 is 0 Å². The highest BCUT2D eigenvalue weighted by Crippen LogP contribution is 2.12. The summed E-state index contributed by atoms with van der Waals surface area (Å²) in [4.78, 5) is 0. The third-order valence-electron chi connectivity index (χ3n) is 2.47. The summed E-state index contributed by atoms with van der Waals surface area (Å²) in [7, 11) is 0. The van der Waals surface area contributed by atoms with Crippen LogP contribution in [0.4, 0.5) is 0 Å². The van der Waals surface area contributed by atoms with Gasteiger partial charge in [-0.25, -0.2) is 0 Å². The molecule has 0 saturated heterocycles. The van der Waals surface area contributed by atoms with Crippen molar-refractivity contribution in [2.75, 3.05) is 0 Å². The largest absolute Gasteiger partial charge is 0.326 e. The molecule has 13 heavy (non-hydrogen) atoms. The predicted molar refractivity (Wildman–Crippen MR) is 56.4 cm³/mol. The highest BCUT2D eigenvalue weighted by molar-refractivity contribution is 5.18. The number of hydrogen-bond donors (Lipinski definition) is 2. The van der Waals surface area contributed by atoms with Crippen LogP contribution in [0.5, 0.6) is 0 Å². The van der Waals surface area contributed by atoms with E-state index in [0.717, 1.165) is 6.42 Å². The topological polar surface area (TPSA) is 52.0 Å². The summed E-state index contributed by atoms with van der Waals surface area (Å²) < 4.78 is 0. The van der Waals surface area contributed by atoms with Gasteiger partial charge in [-0.05, 0) is 25.8 Å². The molecule has 0 aliphatic carbocycles. The van der Waals surface area contributed by atoms with E-state index >= 15 is 0 Å². The van der Waals surface area contributed by atoms with E-state index in [-0.39, 0.29) is 11.6 Å². The summed E-state index contributed by atoms with van der Waals surface area (Å²) in [5.74, 6) is 0. The highest BCUT2D eigenvalue weighted by atomic mass is 14.8. The number of hydrogen-bond acceptors (Lipinski definition) is 2. The highest BCUT2D eigenvalue weighted by Gasteiger charge is 2.23. The van der Waals surface area contributed by atoms with Crippen molar-refractivity contribution >= 4 is 0 Å². The lowest BCUT2D eigenvalue weighted by Crippen LogP contribution is -2.52. The zero-order valence-electron chi connectivity index (χ0n) is 8.33. The van der Waals surface area contributed by atoms with Crippen molar-refractivity contribution in [2.45, 2.75) is 31.8 Å². The second kappa shape index (κ2) is 3.90. The Morgan fingerprint density at radius 3 is 2.31 bits per heavy atom. The smallest absolute Gasteiger partial charge is 0.0317 e. The molecule has 0 amide bonds. The SMILES string of the molecule is CC(N)C(C)(N)Cc1ccccc1. The van der Waals surface area contributed by atoms with Crippen molar-refractivity contribution in [3.8, 4) is 0 Å². The molecular weight excluding hydrogens is 160 g/mol. The summed E-state index contributed by atoms with van der Waals surface area (Å²) >= 11 is 0. The summed E-state index contributed by atoms with van der Waals surface area (Å²) in [5.41, 5.74) is 12.8. The Morgan fingerprint density at radius 2 is 1.85 bits per heavy atom. The maximum absolute atomic E-state index is 6.07. The fourth-order valence-corrected chi connectivity index (χ4v) is 1.20. The lowest BCUT2D eigenvalue weighted by atomic mass is 9.88. The molecule has 0 bridgehead atoms. The van der Waals surface area contributed by atoms with Gasteiger partial charge in [0, 0.05) is 11.6 Å². The Morgan fingerprint density at radius 1 is 1.31 bits per heavy atom. The minimum Gasteiger partial charge on any atom is -0.326 e. The van der Waals surface area contributed by atoms with Crippen LogP contribution in [0.3, 0.4) is 0 Å². The fraction of sp³-hybridized carbons (Fsp3) is 0.455. The molecule has 0 aliphatic rings. The average Bonchev–Trinajstić information content (AvgIpc) is 2.05. The van der Waals surface area contributed by atoms with E-state index in [1.807, 2.05) is 32.0 Å². The number of nitrogens with two attached hydrogens (primary N) is 2. The molecule has 0 aromatic heterocycles. The van der Waals surface area contributed by atoms with Crippen LogP contribution in [0.15, 0.2) is 30.3 Å². The van der Waals surface area contributed by atoms with Gasteiger partial charge in [0.2, 0.25) is 0 Å². The molecule has 4 N–H and O–H groups in total. The van der Waals surface area contributed by atoms with Crippen molar-refractivity contribution in [1.82, 2.24) is 0 Å². The van der Waals surface area contributed by atoms with Crippen molar-refractivity contribution in [1.29, 1.82) is 0 Å². The molecule has 1 aromatic rings. The monoisotopic (exact) mass is 178 g/mol. The first-order chi connectivity index (χ1) is 6.02. The Hall–Kier alpha value is -0.860. The van der Waals surface area contributed by atoms with E-state index in [1.54, 1.807) is 0 Å². The molecule has 0 aliphatic heterocycles. The van der Waals surface area contributed by atoms with Crippen molar-refractivity contribution in [3.63, 3.8) is 0 Å². The van der Waals surface area contributed by atoms with Crippen molar-refractivity contribution in [3.05, 3.63) is 35.9 Å². The van der Waals surface area contributed by atoms with Crippen LogP contribution < -0.4 is 11.5 Å². The van der Waals surface area contributed by atoms with Gasteiger partial charge in [-0.15, -0.1) is 0 Å². The van der Waals surface area contributed by atoms with Gasteiger partial charge in [0.05, 0.1) is 0 Å². The first-order valence-electron chi connectivity index (χ1n) is 4.61. The van der Waals surface area contributed by atoms with E-state index in [2.05, 4.69) is 12.1 Å². The molecular formula is C11H18N2. The molecule has 2 heteroatoms. The summed E-state index contributed by atoms with van der Waals surface area (Å²) in [6.07, 6.45) is 0.825. The van der Waals surface area contributed by atoms with E-state index in [0.29, 0.717) is 0 Å². The summed E-state index contributed by atoms with van der Waals surface area (Å²) in [6.45, 7) is 3.94. The lowest BCUT2D eigenvalue weighted by Gasteiger charge is -2.28. The van der Waals surface area contributed by atoms with Crippen LogP contribution in [0.1, 0.15) is 19.4 Å². The lowest BCUT2D eigenvalue weighted by molar-refractivity contribution is 0.392. The van der Waals surface area contributed by atoms with Crippen LogP contribution in [-0.4, -0.2) is 11.6 Å². The van der Waals surface area contributed by atoms with Gasteiger partial charge in [0.1, 0.15) is 0 Å². The number of rotatable bonds is 3. The molecule has 1 aromatic carbocycles.